The van der Waals surface area contributed by atoms with Gasteiger partial charge in [0.05, 0.1) is 17.6 Å². The van der Waals surface area contributed by atoms with Crippen LogP contribution in [0.1, 0.15) is 25.1 Å². The Morgan fingerprint density at radius 2 is 1.96 bits per heavy atom. The van der Waals surface area contributed by atoms with Gasteiger partial charge in [-0.15, -0.1) is 0 Å². The van der Waals surface area contributed by atoms with E-state index in [9.17, 15) is 9.59 Å². The summed E-state index contributed by atoms with van der Waals surface area (Å²) in [6.45, 7) is 8.59. The van der Waals surface area contributed by atoms with E-state index in [0.717, 1.165) is 23.3 Å². The summed E-state index contributed by atoms with van der Waals surface area (Å²) in [5.74, 6) is 0.261. The lowest BCUT2D eigenvalue weighted by atomic mass is 10.2. The molecule has 7 heteroatoms. The number of carbonyl (C=O) groups is 2. The summed E-state index contributed by atoms with van der Waals surface area (Å²) < 4.78 is 0. The molecule has 1 aliphatic rings. The standard InChI is InChI=1S/C21H19N5O2/c1-12(20(27)24-14-9-7-13(22-2)8-10-14)23-21(28)16-11-15(16)19-25-17-5-3-4-6-18(17)26-19/h3-10,12,15-16H,11H2,1H3,(H,23,28)(H,24,27)(H,25,26). The van der Waals surface area contributed by atoms with Crippen molar-refractivity contribution in [2.45, 2.75) is 25.3 Å². The van der Waals surface area contributed by atoms with Crippen LogP contribution in [0.4, 0.5) is 11.4 Å². The minimum Gasteiger partial charge on any atom is -0.344 e. The smallest absolute Gasteiger partial charge is 0.246 e. The van der Waals surface area contributed by atoms with Gasteiger partial charge in [-0.2, -0.15) is 0 Å². The molecule has 0 saturated heterocycles. The second-order valence-electron chi connectivity index (χ2n) is 6.97. The molecule has 0 radical (unpaired) electrons. The van der Waals surface area contributed by atoms with E-state index in [1.54, 1.807) is 31.2 Å². The number of nitrogens with one attached hydrogen (secondary N) is 3. The highest BCUT2D eigenvalue weighted by Gasteiger charge is 2.46. The summed E-state index contributed by atoms with van der Waals surface area (Å²) in [5, 5.41) is 5.52. The molecule has 1 aliphatic carbocycles. The van der Waals surface area contributed by atoms with E-state index in [1.807, 2.05) is 24.3 Å². The molecule has 3 atom stereocenters. The fraction of sp³-hybridized carbons (Fsp3) is 0.238. The van der Waals surface area contributed by atoms with Gasteiger partial charge in [-0.3, -0.25) is 9.59 Å². The van der Waals surface area contributed by atoms with E-state index in [-0.39, 0.29) is 23.7 Å². The van der Waals surface area contributed by atoms with Crippen LogP contribution in [0.25, 0.3) is 15.9 Å². The van der Waals surface area contributed by atoms with Crippen LogP contribution in [0.2, 0.25) is 0 Å². The molecule has 2 amide bonds. The van der Waals surface area contributed by atoms with Crippen molar-refractivity contribution in [1.29, 1.82) is 0 Å². The largest absolute Gasteiger partial charge is 0.344 e. The number of fused-ring (bicyclic) bond motifs is 1. The third-order valence-electron chi connectivity index (χ3n) is 4.90. The Morgan fingerprint density at radius 3 is 2.68 bits per heavy atom. The predicted molar refractivity (Wildman–Crippen MR) is 106 cm³/mol. The normalized spacial score (nSPS) is 18.9. The fourth-order valence-corrected chi connectivity index (χ4v) is 3.19. The summed E-state index contributed by atoms with van der Waals surface area (Å²) in [6, 6.07) is 13.7. The zero-order chi connectivity index (χ0) is 19.7. The Bertz CT molecular complexity index is 1050. The number of aromatic amines is 1. The van der Waals surface area contributed by atoms with Crippen molar-refractivity contribution >= 4 is 34.2 Å². The number of aromatic nitrogens is 2. The zero-order valence-corrected chi connectivity index (χ0v) is 15.3. The number of anilines is 1. The number of carbonyl (C=O) groups excluding carboxylic acids is 2. The van der Waals surface area contributed by atoms with E-state index < -0.39 is 6.04 Å². The van der Waals surface area contributed by atoms with Crippen LogP contribution >= 0.6 is 0 Å². The first kappa shape index (κ1) is 17.7. The Labute approximate surface area is 162 Å². The number of H-pyrrole nitrogens is 1. The first-order chi connectivity index (χ1) is 13.5. The van der Waals surface area contributed by atoms with Crippen molar-refractivity contribution in [2.24, 2.45) is 5.92 Å². The molecule has 4 rings (SSSR count). The minimum atomic E-state index is -0.662. The van der Waals surface area contributed by atoms with Crippen LogP contribution in [0, 0.1) is 12.5 Å². The highest BCUT2D eigenvalue weighted by Crippen LogP contribution is 2.46. The van der Waals surface area contributed by atoms with E-state index in [4.69, 9.17) is 6.57 Å². The molecule has 2 aromatic carbocycles. The van der Waals surface area contributed by atoms with Gasteiger partial charge in [0.15, 0.2) is 5.69 Å². The van der Waals surface area contributed by atoms with Gasteiger partial charge in [-0.1, -0.05) is 24.3 Å². The van der Waals surface area contributed by atoms with Gasteiger partial charge in [0.25, 0.3) is 0 Å². The molecule has 3 aromatic rings. The molecule has 0 bridgehead atoms. The van der Waals surface area contributed by atoms with Gasteiger partial charge in [0.1, 0.15) is 11.9 Å². The molecule has 1 heterocycles. The molecular formula is C21H19N5O2. The highest BCUT2D eigenvalue weighted by atomic mass is 16.2. The quantitative estimate of drug-likeness (QED) is 0.599. The Morgan fingerprint density at radius 1 is 1.21 bits per heavy atom. The average Bonchev–Trinajstić information content (AvgIpc) is 3.40. The predicted octanol–water partition coefficient (Wildman–Crippen LogP) is 3.36. The SMILES string of the molecule is [C-]#[N+]c1ccc(NC(=O)C(C)NC(=O)C2CC2c2nc3ccccc3[nH]2)cc1. The number of nitrogens with zero attached hydrogens (tertiary/aromatic N) is 2. The molecule has 3 N–H and O–H groups in total. The minimum absolute atomic E-state index is 0.0591. The fourth-order valence-electron chi connectivity index (χ4n) is 3.19. The maximum Gasteiger partial charge on any atom is 0.246 e. The van der Waals surface area contributed by atoms with E-state index >= 15 is 0 Å². The van der Waals surface area contributed by atoms with Crippen LogP contribution in [-0.2, 0) is 9.59 Å². The Balaban J connectivity index is 1.33. The lowest BCUT2D eigenvalue weighted by molar-refractivity contribution is -0.127. The maximum atomic E-state index is 12.5. The van der Waals surface area contributed by atoms with Crippen molar-refractivity contribution in [3.63, 3.8) is 0 Å². The second kappa shape index (κ2) is 7.16. The number of hydrogen-bond acceptors (Lipinski definition) is 3. The zero-order valence-electron chi connectivity index (χ0n) is 15.3. The summed E-state index contributed by atoms with van der Waals surface area (Å²) in [4.78, 5) is 35.9. The topological polar surface area (TPSA) is 91.2 Å². The highest BCUT2D eigenvalue weighted by molar-refractivity contribution is 5.97. The van der Waals surface area contributed by atoms with E-state index in [1.165, 1.54) is 0 Å². The molecule has 0 aliphatic heterocycles. The molecule has 0 spiro atoms. The number of rotatable bonds is 5. The summed E-state index contributed by atoms with van der Waals surface area (Å²) in [6.07, 6.45) is 0.720. The van der Waals surface area contributed by atoms with Crippen LogP contribution < -0.4 is 10.6 Å². The van der Waals surface area contributed by atoms with Crippen molar-refractivity contribution in [1.82, 2.24) is 15.3 Å². The summed E-state index contributed by atoms with van der Waals surface area (Å²) >= 11 is 0. The Kier molecular flexibility index (Phi) is 4.53. The molecule has 28 heavy (non-hydrogen) atoms. The first-order valence-electron chi connectivity index (χ1n) is 9.08. The first-order valence-corrected chi connectivity index (χ1v) is 9.08. The molecule has 7 nitrogen and oxygen atoms in total. The number of para-hydroxylation sites is 2. The second-order valence-corrected chi connectivity index (χ2v) is 6.97. The van der Waals surface area contributed by atoms with Gasteiger partial charge >= 0.3 is 0 Å². The van der Waals surface area contributed by atoms with Crippen LogP contribution in [-0.4, -0.2) is 27.8 Å². The molecule has 1 saturated carbocycles. The van der Waals surface area contributed by atoms with Crippen molar-refractivity contribution < 1.29 is 9.59 Å². The third kappa shape index (κ3) is 3.58. The van der Waals surface area contributed by atoms with Gasteiger partial charge < -0.3 is 15.6 Å². The maximum absolute atomic E-state index is 12.5. The molecule has 140 valence electrons. The van der Waals surface area contributed by atoms with Gasteiger partial charge in [-0.25, -0.2) is 9.83 Å². The average molecular weight is 373 g/mol. The molecule has 1 fully saturated rings. The molecule has 3 unspecified atom stereocenters. The third-order valence-corrected chi connectivity index (χ3v) is 4.90. The van der Waals surface area contributed by atoms with Crippen LogP contribution in [0.3, 0.4) is 0 Å². The van der Waals surface area contributed by atoms with Crippen molar-refractivity contribution in [2.75, 3.05) is 5.32 Å². The number of amides is 2. The van der Waals surface area contributed by atoms with Gasteiger partial charge in [-0.05, 0) is 37.6 Å². The lowest BCUT2D eigenvalue weighted by Gasteiger charge is -2.14. The van der Waals surface area contributed by atoms with Gasteiger partial charge in [0.2, 0.25) is 11.8 Å². The van der Waals surface area contributed by atoms with E-state index in [2.05, 4.69) is 25.4 Å². The number of imidazole rings is 1. The number of benzene rings is 2. The van der Waals surface area contributed by atoms with Crippen molar-refractivity contribution in [3.8, 4) is 0 Å². The van der Waals surface area contributed by atoms with Crippen LogP contribution in [0.15, 0.2) is 48.5 Å². The van der Waals surface area contributed by atoms with Crippen LogP contribution in [0.5, 0.6) is 0 Å². The Hall–Kier alpha value is -3.66. The summed E-state index contributed by atoms with van der Waals surface area (Å²) in [7, 11) is 0. The molecule has 1 aromatic heterocycles. The lowest BCUT2D eigenvalue weighted by Crippen LogP contribution is -2.42. The van der Waals surface area contributed by atoms with Gasteiger partial charge in [0, 0.05) is 17.5 Å². The number of hydrogen-bond donors (Lipinski definition) is 3. The summed E-state index contributed by atoms with van der Waals surface area (Å²) in [5.41, 5.74) is 2.94. The monoisotopic (exact) mass is 373 g/mol. The molecular weight excluding hydrogens is 354 g/mol. The van der Waals surface area contributed by atoms with E-state index in [0.29, 0.717) is 11.4 Å². The van der Waals surface area contributed by atoms with Crippen molar-refractivity contribution in [3.05, 3.63) is 65.8 Å².